The predicted octanol–water partition coefficient (Wildman–Crippen LogP) is 3.55. The lowest BCUT2D eigenvalue weighted by Crippen LogP contribution is -2.48. The van der Waals surface area contributed by atoms with Gasteiger partial charge in [0.25, 0.3) is 0 Å². The van der Waals surface area contributed by atoms with E-state index < -0.39 is 18.2 Å². The summed E-state index contributed by atoms with van der Waals surface area (Å²) >= 11 is 6.47. The summed E-state index contributed by atoms with van der Waals surface area (Å²) < 4.78 is 30.1. The van der Waals surface area contributed by atoms with E-state index in [1.54, 1.807) is 10.9 Å². The smallest absolute Gasteiger partial charge is 0.223 e. The standard InChI is InChI=1S/C24H25ClFN7O3/c1-11(2)33-18-5-12(4-16(26)20(18)30-22(33)13-7-28-32(3)9-13)19-15(25)8-27-24(31-19)29-17-6-14-10-35-23(36-14)21(17)34/h4-5,7-9,11,14,17,21,23,34H,6,10H2,1-3H3,(H,27,29,31)/t14-,17+,21-,23+/m0/s1. The van der Waals surface area contributed by atoms with Gasteiger partial charge in [-0.2, -0.15) is 5.10 Å². The van der Waals surface area contributed by atoms with Gasteiger partial charge in [-0.1, -0.05) is 11.6 Å². The number of ether oxygens (including phenoxy) is 2. The maximum atomic E-state index is 15.4. The Kier molecular flexibility index (Phi) is 5.67. The molecule has 2 aliphatic rings. The molecular weight excluding hydrogens is 489 g/mol. The molecule has 0 saturated carbocycles. The summed E-state index contributed by atoms with van der Waals surface area (Å²) in [6, 6.07) is 2.86. The molecule has 12 heteroatoms. The molecule has 188 valence electrons. The van der Waals surface area contributed by atoms with Crippen LogP contribution in [0, 0.1) is 5.82 Å². The number of aliphatic hydroxyl groups is 1. The number of aliphatic hydroxyl groups excluding tert-OH is 1. The maximum absolute atomic E-state index is 15.4. The molecule has 2 aliphatic heterocycles. The summed E-state index contributed by atoms with van der Waals surface area (Å²) in [4.78, 5) is 13.5. The van der Waals surface area contributed by atoms with E-state index in [4.69, 9.17) is 21.1 Å². The van der Waals surface area contributed by atoms with E-state index >= 15 is 4.39 Å². The van der Waals surface area contributed by atoms with E-state index in [0.29, 0.717) is 35.6 Å². The van der Waals surface area contributed by atoms with Gasteiger partial charge in [0.1, 0.15) is 17.4 Å². The zero-order chi connectivity index (χ0) is 25.1. The number of imidazole rings is 1. The summed E-state index contributed by atoms with van der Waals surface area (Å²) in [7, 11) is 1.82. The highest BCUT2D eigenvalue weighted by molar-refractivity contribution is 6.33. The lowest BCUT2D eigenvalue weighted by Gasteiger charge is -2.32. The molecule has 3 aromatic heterocycles. The Hall–Kier alpha value is -3.12. The van der Waals surface area contributed by atoms with Crippen LogP contribution in [-0.4, -0.2) is 65.6 Å². The van der Waals surface area contributed by atoms with Crippen LogP contribution in [0.1, 0.15) is 26.3 Å². The first kappa shape index (κ1) is 23.3. The zero-order valence-electron chi connectivity index (χ0n) is 19.9. The largest absolute Gasteiger partial charge is 0.386 e. The van der Waals surface area contributed by atoms with Gasteiger partial charge in [-0.3, -0.25) is 4.68 Å². The molecule has 4 atom stereocenters. The van der Waals surface area contributed by atoms with Gasteiger partial charge in [-0.15, -0.1) is 0 Å². The lowest BCUT2D eigenvalue weighted by molar-refractivity contribution is -0.156. The molecule has 0 unspecified atom stereocenters. The molecule has 0 spiro atoms. The van der Waals surface area contributed by atoms with E-state index in [0.717, 1.165) is 5.56 Å². The number of aromatic nitrogens is 6. The SMILES string of the molecule is CC(C)n1c(-c2cnn(C)c2)nc2c(F)cc(-c3nc(N[C@@H]4C[C@H]5CO[C@H](O5)[C@H]4O)ncc3Cl)cc21. The number of rotatable bonds is 5. The number of nitrogens with one attached hydrogen (secondary N) is 1. The van der Waals surface area contributed by atoms with Gasteiger partial charge >= 0.3 is 0 Å². The minimum Gasteiger partial charge on any atom is -0.386 e. The fourth-order valence-corrected chi connectivity index (χ4v) is 5.09. The molecular formula is C24H25ClFN7O3. The molecule has 0 radical (unpaired) electrons. The quantitative estimate of drug-likeness (QED) is 0.416. The van der Waals surface area contributed by atoms with Crippen molar-refractivity contribution in [2.75, 3.05) is 11.9 Å². The van der Waals surface area contributed by atoms with Crippen LogP contribution in [0.25, 0.3) is 33.7 Å². The molecule has 2 bridgehead atoms. The van der Waals surface area contributed by atoms with Crippen LogP contribution in [0.2, 0.25) is 5.02 Å². The minimum absolute atomic E-state index is 0.00514. The Morgan fingerprint density at radius 3 is 2.81 bits per heavy atom. The number of halogens is 2. The van der Waals surface area contributed by atoms with Crippen molar-refractivity contribution in [3.63, 3.8) is 0 Å². The van der Waals surface area contributed by atoms with Gasteiger partial charge < -0.3 is 24.5 Å². The van der Waals surface area contributed by atoms with Crippen molar-refractivity contribution in [1.29, 1.82) is 0 Å². The second-order valence-corrected chi connectivity index (χ2v) is 9.86. The van der Waals surface area contributed by atoms with Gasteiger partial charge in [0.15, 0.2) is 12.1 Å². The van der Waals surface area contributed by atoms with Gasteiger partial charge in [-0.05, 0) is 32.4 Å². The molecule has 2 fully saturated rings. The van der Waals surface area contributed by atoms with Crippen molar-refractivity contribution in [3.8, 4) is 22.6 Å². The van der Waals surface area contributed by atoms with Crippen molar-refractivity contribution in [3.05, 3.63) is 41.6 Å². The molecule has 4 aromatic rings. The van der Waals surface area contributed by atoms with Crippen molar-refractivity contribution < 1.29 is 19.0 Å². The van der Waals surface area contributed by atoms with E-state index in [1.165, 1.54) is 12.3 Å². The number of hydrogen-bond acceptors (Lipinski definition) is 8. The van der Waals surface area contributed by atoms with Gasteiger partial charge in [0.2, 0.25) is 5.95 Å². The third-order valence-electron chi connectivity index (χ3n) is 6.54. The second-order valence-electron chi connectivity index (χ2n) is 9.45. The first-order valence-corrected chi connectivity index (χ1v) is 12.1. The summed E-state index contributed by atoms with van der Waals surface area (Å²) in [6.07, 6.45) is 3.93. The van der Waals surface area contributed by atoms with Crippen LogP contribution in [-0.2, 0) is 16.5 Å². The fraction of sp³-hybridized carbons (Fsp3) is 0.417. The zero-order valence-corrected chi connectivity index (χ0v) is 20.6. The van der Waals surface area contributed by atoms with Crippen LogP contribution in [0.5, 0.6) is 0 Å². The van der Waals surface area contributed by atoms with Crippen molar-refractivity contribution >= 4 is 28.6 Å². The Bertz CT molecular complexity index is 1460. The summed E-state index contributed by atoms with van der Waals surface area (Å²) in [5.41, 5.74) is 2.54. The molecule has 36 heavy (non-hydrogen) atoms. The maximum Gasteiger partial charge on any atom is 0.223 e. The Labute approximate surface area is 211 Å². The average Bonchev–Trinajstić information content (AvgIpc) is 3.55. The van der Waals surface area contributed by atoms with Gasteiger partial charge in [0, 0.05) is 24.8 Å². The van der Waals surface area contributed by atoms with Crippen LogP contribution in [0.3, 0.4) is 0 Å². The fourth-order valence-electron chi connectivity index (χ4n) is 4.89. The Morgan fingerprint density at radius 1 is 1.22 bits per heavy atom. The Balaban J connectivity index is 1.40. The average molecular weight is 514 g/mol. The van der Waals surface area contributed by atoms with Crippen LogP contribution in [0.15, 0.2) is 30.7 Å². The molecule has 6 rings (SSSR count). The highest BCUT2D eigenvalue weighted by atomic mass is 35.5. The van der Waals surface area contributed by atoms with Crippen molar-refractivity contribution in [2.45, 2.75) is 50.8 Å². The number of anilines is 1. The third-order valence-corrected chi connectivity index (χ3v) is 6.82. The normalized spacial score (nSPS) is 23.6. The first-order valence-electron chi connectivity index (χ1n) is 11.7. The number of nitrogens with zero attached hydrogens (tertiary/aromatic N) is 6. The number of benzene rings is 1. The highest BCUT2D eigenvalue weighted by Gasteiger charge is 2.43. The second kappa shape index (κ2) is 8.77. The minimum atomic E-state index is -0.869. The summed E-state index contributed by atoms with van der Waals surface area (Å²) in [5, 5.41) is 18.2. The predicted molar refractivity (Wildman–Crippen MR) is 131 cm³/mol. The molecule has 2 N–H and O–H groups in total. The number of fused-ring (bicyclic) bond motifs is 3. The number of hydrogen-bond donors (Lipinski definition) is 2. The van der Waals surface area contributed by atoms with Crippen LogP contribution in [0.4, 0.5) is 10.3 Å². The molecule has 5 heterocycles. The van der Waals surface area contributed by atoms with E-state index in [-0.39, 0.29) is 34.7 Å². The first-order chi connectivity index (χ1) is 17.3. The third kappa shape index (κ3) is 3.92. The van der Waals surface area contributed by atoms with E-state index in [9.17, 15) is 5.11 Å². The molecule has 10 nitrogen and oxygen atoms in total. The van der Waals surface area contributed by atoms with Crippen LogP contribution < -0.4 is 5.32 Å². The molecule has 0 aliphatic carbocycles. The van der Waals surface area contributed by atoms with Crippen molar-refractivity contribution in [1.82, 2.24) is 29.3 Å². The molecule has 0 amide bonds. The highest BCUT2D eigenvalue weighted by Crippen LogP contribution is 2.35. The van der Waals surface area contributed by atoms with E-state index in [1.807, 2.05) is 37.7 Å². The van der Waals surface area contributed by atoms with Gasteiger partial charge in [0.05, 0.1) is 52.9 Å². The summed E-state index contributed by atoms with van der Waals surface area (Å²) in [6.45, 7) is 4.47. The van der Waals surface area contributed by atoms with Gasteiger partial charge in [-0.25, -0.2) is 19.3 Å². The number of aryl methyl sites for hydroxylation is 1. The van der Waals surface area contributed by atoms with E-state index in [2.05, 4.69) is 25.4 Å². The molecule has 2 saturated heterocycles. The van der Waals surface area contributed by atoms with Crippen LogP contribution >= 0.6 is 11.6 Å². The molecule has 1 aromatic carbocycles. The van der Waals surface area contributed by atoms with Crippen molar-refractivity contribution in [2.24, 2.45) is 7.05 Å². The Morgan fingerprint density at radius 2 is 2.06 bits per heavy atom. The topological polar surface area (TPSA) is 112 Å². The monoisotopic (exact) mass is 513 g/mol. The lowest BCUT2D eigenvalue weighted by atomic mass is 10.0. The summed E-state index contributed by atoms with van der Waals surface area (Å²) in [5.74, 6) is 0.420.